The molecule has 1 aliphatic rings. The van der Waals surface area contributed by atoms with Gasteiger partial charge in [0.15, 0.2) is 11.7 Å². The fraction of sp³-hybridized carbons (Fsp3) is 0.750. The van der Waals surface area contributed by atoms with Gasteiger partial charge in [-0.25, -0.2) is 4.98 Å². The van der Waals surface area contributed by atoms with Crippen molar-refractivity contribution in [2.45, 2.75) is 44.8 Å². The zero-order chi connectivity index (χ0) is 18.3. The fourth-order valence-corrected chi connectivity index (χ4v) is 3.79. The van der Waals surface area contributed by atoms with Crippen LogP contribution in [0.25, 0.3) is 0 Å². The van der Waals surface area contributed by atoms with Gasteiger partial charge < -0.3 is 10.6 Å². The van der Waals surface area contributed by atoms with Crippen LogP contribution in [0.1, 0.15) is 36.9 Å². The van der Waals surface area contributed by atoms with Gasteiger partial charge in [-0.3, -0.25) is 9.89 Å². The molecule has 0 aromatic carbocycles. The lowest BCUT2D eigenvalue weighted by Gasteiger charge is -2.35. The molecular weight excluding hydrogens is 351 g/mol. The average molecular weight is 377 g/mol. The highest BCUT2D eigenvalue weighted by Crippen LogP contribution is 2.29. The minimum Gasteiger partial charge on any atom is -0.356 e. The van der Waals surface area contributed by atoms with Crippen LogP contribution >= 0.6 is 11.3 Å². The summed E-state index contributed by atoms with van der Waals surface area (Å²) in [5.41, 5.74) is -0.813. The first kappa shape index (κ1) is 20.0. The molecule has 2 rings (SSSR count). The summed E-state index contributed by atoms with van der Waals surface area (Å²) in [6, 6.07) is 0.505. The maximum atomic E-state index is 12.5. The molecule has 1 unspecified atom stereocenters. The van der Waals surface area contributed by atoms with E-state index in [0.717, 1.165) is 36.4 Å². The van der Waals surface area contributed by atoms with E-state index in [0.29, 0.717) is 30.0 Å². The van der Waals surface area contributed by atoms with E-state index in [1.165, 1.54) is 19.3 Å². The highest BCUT2D eigenvalue weighted by atomic mass is 32.1. The fourth-order valence-electron chi connectivity index (χ4n) is 2.99. The zero-order valence-corrected chi connectivity index (χ0v) is 15.5. The molecule has 1 aromatic rings. The number of thiazole rings is 1. The summed E-state index contributed by atoms with van der Waals surface area (Å²) in [5, 5.41) is 8.00. The number of halogens is 3. The summed E-state index contributed by atoms with van der Waals surface area (Å²) in [6.45, 7) is 5.68. The smallest absolute Gasteiger partial charge is 0.356 e. The SMILES string of the molecule is CCN1CCCCC1CNC(=NC)NCCc1nc(C(F)(F)F)cs1. The number of hydrogen-bond acceptors (Lipinski definition) is 4. The first-order valence-electron chi connectivity index (χ1n) is 8.64. The van der Waals surface area contributed by atoms with Gasteiger partial charge in [0.05, 0.1) is 5.01 Å². The van der Waals surface area contributed by atoms with Gasteiger partial charge in [-0.2, -0.15) is 13.2 Å². The van der Waals surface area contributed by atoms with Crippen molar-refractivity contribution in [2.75, 3.05) is 33.2 Å². The second-order valence-electron chi connectivity index (χ2n) is 6.03. The van der Waals surface area contributed by atoms with Crippen LogP contribution < -0.4 is 10.6 Å². The van der Waals surface area contributed by atoms with E-state index in [-0.39, 0.29) is 0 Å². The summed E-state index contributed by atoms with van der Waals surface area (Å²) in [5.74, 6) is 0.675. The van der Waals surface area contributed by atoms with Crippen molar-refractivity contribution in [1.29, 1.82) is 0 Å². The summed E-state index contributed by atoms with van der Waals surface area (Å²) < 4.78 is 37.6. The van der Waals surface area contributed by atoms with Crippen LogP contribution in [-0.2, 0) is 12.6 Å². The number of likely N-dealkylation sites (tertiary alicyclic amines) is 1. The molecular formula is C16H26F3N5S. The lowest BCUT2D eigenvalue weighted by atomic mass is 10.0. The Bertz CT molecular complexity index is 558. The number of piperidine rings is 1. The number of nitrogens with one attached hydrogen (secondary N) is 2. The second-order valence-corrected chi connectivity index (χ2v) is 6.97. The molecule has 0 radical (unpaired) electrons. The van der Waals surface area contributed by atoms with Gasteiger partial charge in [0.1, 0.15) is 0 Å². The highest BCUT2D eigenvalue weighted by Gasteiger charge is 2.33. The van der Waals surface area contributed by atoms with Crippen LogP contribution in [0.2, 0.25) is 0 Å². The molecule has 142 valence electrons. The number of rotatable bonds is 6. The van der Waals surface area contributed by atoms with Gasteiger partial charge >= 0.3 is 6.18 Å². The molecule has 0 bridgehead atoms. The van der Waals surface area contributed by atoms with Gasteiger partial charge in [0.25, 0.3) is 0 Å². The number of nitrogens with zero attached hydrogens (tertiary/aromatic N) is 3. The van der Waals surface area contributed by atoms with Crippen LogP contribution in [0.4, 0.5) is 13.2 Å². The molecule has 25 heavy (non-hydrogen) atoms. The Balaban J connectivity index is 1.74. The van der Waals surface area contributed by atoms with Gasteiger partial charge in [0.2, 0.25) is 0 Å². The van der Waals surface area contributed by atoms with Gasteiger partial charge in [-0.1, -0.05) is 13.3 Å². The molecule has 5 nitrogen and oxygen atoms in total. The van der Waals surface area contributed by atoms with Crippen LogP contribution in [0.3, 0.4) is 0 Å². The number of likely N-dealkylation sites (N-methyl/N-ethyl adjacent to an activating group) is 1. The summed E-state index contributed by atoms with van der Waals surface area (Å²) in [7, 11) is 1.69. The summed E-state index contributed by atoms with van der Waals surface area (Å²) >= 11 is 1.04. The summed E-state index contributed by atoms with van der Waals surface area (Å²) in [4.78, 5) is 10.3. The van der Waals surface area contributed by atoms with Gasteiger partial charge in [-0.15, -0.1) is 11.3 Å². The molecule has 1 atom stereocenters. The normalized spacial score (nSPS) is 19.9. The maximum Gasteiger partial charge on any atom is 0.434 e. The molecule has 0 spiro atoms. The molecule has 2 N–H and O–H groups in total. The Kier molecular flexibility index (Phi) is 7.49. The quantitative estimate of drug-likeness (QED) is 0.591. The number of hydrogen-bond donors (Lipinski definition) is 2. The molecule has 0 saturated carbocycles. The van der Waals surface area contributed by atoms with Crippen molar-refractivity contribution < 1.29 is 13.2 Å². The van der Waals surface area contributed by atoms with E-state index in [1.807, 2.05) is 0 Å². The standard InChI is InChI=1S/C16H26F3N5S/c1-3-24-9-5-4-6-12(24)10-22-15(20-2)21-8-7-14-23-13(11-25-14)16(17,18)19/h11-12H,3-10H2,1-2H3,(H2,20,21,22). The van der Waals surface area contributed by atoms with Crippen molar-refractivity contribution in [1.82, 2.24) is 20.5 Å². The topological polar surface area (TPSA) is 52.5 Å². The lowest BCUT2D eigenvalue weighted by Crippen LogP contribution is -2.49. The Labute approximate surface area is 150 Å². The molecule has 9 heteroatoms. The average Bonchev–Trinajstić information content (AvgIpc) is 3.07. The zero-order valence-electron chi connectivity index (χ0n) is 14.7. The largest absolute Gasteiger partial charge is 0.434 e. The second kappa shape index (κ2) is 9.38. The predicted octanol–water partition coefficient (Wildman–Crippen LogP) is 2.74. The van der Waals surface area contributed by atoms with Crippen molar-refractivity contribution in [2.24, 2.45) is 4.99 Å². The van der Waals surface area contributed by atoms with Crippen LogP contribution in [0, 0.1) is 0 Å². The minimum absolute atomic E-state index is 0.436. The predicted molar refractivity (Wildman–Crippen MR) is 95.1 cm³/mol. The monoisotopic (exact) mass is 377 g/mol. The summed E-state index contributed by atoms with van der Waals surface area (Å²) in [6.07, 6.45) is -0.250. The Morgan fingerprint density at radius 3 is 2.84 bits per heavy atom. The molecule has 0 amide bonds. The lowest BCUT2D eigenvalue weighted by molar-refractivity contribution is -0.140. The van der Waals surface area contributed by atoms with Crippen LogP contribution in [0.5, 0.6) is 0 Å². The number of guanidine groups is 1. The molecule has 1 aromatic heterocycles. The number of alkyl halides is 3. The van der Waals surface area contributed by atoms with Gasteiger partial charge in [-0.05, 0) is 25.9 Å². The van der Waals surface area contributed by atoms with E-state index in [4.69, 9.17) is 0 Å². The molecule has 2 heterocycles. The number of aromatic nitrogens is 1. The molecule has 0 aliphatic carbocycles. The van der Waals surface area contributed by atoms with Crippen LogP contribution in [-0.4, -0.2) is 55.1 Å². The van der Waals surface area contributed by atoms with Crippen molar-refractivity contribution >= 4 is 17.3 Å². The van der Waals surface area contributed by atoms with Crippen molar-refractivity contribution in [3.05, 3.63) is 16.1 Å². The first-order valence-corrected chi connectivity index (χ1v) is 9.52. The third kappa shape index (κ3) is 6.14. The van der Waals surface area contributed by atoms with E-state index in [9.17, 15) is 13.2 Å². The molecule has 1 saturated heterocycles. The number of aliphatic imine (C=N–C) groups is 1. The Morgan fingerprint density at radius 1 is 1.40 bits per heavy atom. The van der Waals surface area contributed by atoms with Crippen molar-refractivity contribution in [3.63, 3.8) is 0 Å². The van der Waals surface area contributed by atoms with E-state index >= 15 is 0 Å². The van der Waals surface area contributed by atoms with Gasteiger partial charge in [0, 0.05) is 38.0 Å². The Hall–Kier alpha value is -1.35. The maximum absolute atomic E-state index is 12.5. The highest BCUT2D eigenvalue weighted by molar-refractivity contribution is 7.09. The third-order valence-electron chi connectivity index (χ3n) is 4.36. The van der Waals surface area contributed by atoms with E-state index < -0.39 is 11.9 Å². The molecule has 1 fully saturated rings. The van der Waals surface area contributed by atoms with E-state index in [1.54, 1.807) is 7.05 Å². The Morgan fingerprint density at radius 2 is 2.20 bits per heavy atom. The van der Waals surface area contributed by atoms with Crippen LogP contribution in [0.15, 0.2) is 10.4 Å². The minimum atomic E-state index is -4.37. The van der Waals surface area contributed by atoms with Crippen molar-refractivity contribution in [3.8, 4) is 0 Å². The molecule has 1 aliphatic heterocycles. The first-order chi connectivity index (χ1) is 11.9. The van der Waals surface area contributed by atoms with E-state index in [2.05, 4.69) is 32.4 Å². The third-order valence-corrected chi connectivity index (χ3v) is 5.27.